The topological polar surface area (TPSA) is 95.5 Å². The van der Waals surface area contributed by atoms with Crippen molar-refractivity contribution in [2.24, 2.45) is 5.92 Å². The summed E-state index contributed by atoms with van der Waals surface area (Å²) in [5, 5.41) is 4.03. The van der Waals surface area contributed by atoms with Gasteiger partial charge in [-0.05, 0) is 44.2 Å². The molecule has 0 radical (unpaired) electrons. The Morgan fingerprint density at radius 3 is 2.66 bits per heavy atom. The number of amides is 4. The van der Waals surface area contributed by atoms with Crippen LogP contribution in [0.25, 0.3) is 10.9 Å². The number of fused-ring (bicyclic) bond motifs is 1. The summed E-state index contributed by atoms with van der Waals surface area (Å²) in [5.74, 6) is -0.260. The lowest BCUT2D eigenvalue weighted by atomic mass is 9.75. The molecule has 182 valence electrons. The summed E-state index contributed by atoms with van der Waals surface area (Å²) in [6, 6.07) is 11.1. The number of para-hydroxylation sites is 1. The second kappa shape index (κ2) is 9.37. The molecule has 0 saturated carbocycles. The minimum absolute atomic E-state index is 0.0206. The number of carbonyl (C=O) groups is 3. The minimum Gasteiger partial charge on any atom is -0.337 e. The van der Waals surface area contributed by atoms with E-state index in [2.05, 4.69) is 15.3 Å². The number of carbonyl (C=O) groups excluding carboxylic acids is 3. The van der Waals surface area contributed by atoms with Gasteiger partial charge in [0.25, 0.3) is 11.8 Å². The molecule has 0 aliphatic carbocycles. The Morgan fingerprint density at radius 1 is 1.17 bits per heavy atom. The number of thiazole rings is 1. The van der Waals surface area contributed by atoms with Crippen molar-refractivity contribution in [3.63, 3.8) is 0 Å². The average molecular weight is 492 g/mol. The van der Waals surface area contributed by atoms with E-state index in [9.17, 15) is 14.4 Å². The van der Waals surface area contributed by atoms with Gasteiger partial charge in [-0.2, -0.15) is 0 Å². The average Bonchev–Trinajstić information content (AvgIpc) is 3.41. The molecule has 3 aromatic rings. The number of urea groups is 1. The van der Waals surface area contributed by atoms with E-state index in [1.165, 1.54) is 4.90 Å². The number of hydrogen-bond acceptors (Lipinski definition) is 6. The van der Waals surface area contributed by atoms with Crippen molar-refractivity contribution < 1.29 is 14.4 Å². The second-order valence-corrected chi connectivity index (χ2v) is 10.2. The van der Waals surface area contributed by atoms with E-state index in [1.54, 1.807) is 22.9 Å². The van der Waals surface area contributed by atoms with Crippen LogP contribution in [0.15, 0.2) is 41.9 Å². The van der Waals surface area contributed by atoms with Crippen LogP contribution in [0.4, 0.5) is 4.79 Å². The summed E-state index contributed by atoms with van der Waals surface area (Å²) >= 11 is 1.55. The molecule has 1 atom stereocenters. The highest BCUT2D eigenvalue weighted by molar-refractivity contribution is 7.09. The van der Waals surface area contributed by atoms with Crippen LogP contribution < -0.4 is 5.32 Å². The molecule has 4 amide bonds. The largest absolute Gasteiger partial charge is 0.337 e. The molecule has 2 aromatic heterocycles. The predicted octanol–water partition coefficient (Wildman–Crippen LogP) is 3.80. The molecule has 0 bridgehead atoms. The molecule has 2 fully saturated rings. The fourth-order valence-electron chi connectivity index (χ4n) is 5.35. The number of rotatable bonds is 6. The molecule has 4 heterocycles. The number of nitrogens with one attached hydrogen (secondary N) is 1. The van der Waals surface area contributed by atoms with Crippen molar-refractivity contribution in [1.29, 1.82) is 0 Å². The maximum atomic E-state index is 13.5. The van der Waals surface area contributed by atoms with Crippen LogP contribution in [-0.4, -0.2) is 62.8 Å². The van der Waals surface area contributed by atoms with Crippen molar-refractivity contribution in [3.05, 3.63) is 58.2 Å². The van der Waals surface area contributed by atoms with E-state index in [-0.39, 0.29) is 23.8 Å². The standard InChI is InChI=1S/C26H29N5O3S/c1-3-26(24(33)31(25(34)29-26)15-12-22-17(2)27-16-35-22)19-10-13-30(14-11-19)23(32)21-9-8-18-6-4-5-7-20(18)28-21/h4-9,16,19H,3,10-15H2,1-2H3,(H,29,34)/t26-/m1/s1. The van der Waals surface area contributed by atoms with E-state index < -0.39 is 5.54 Å². The highest BCUT2D eigenvalue weighted by Gasteiger charge is 2.54. The summed E-state index contributed by atoms with van der Waals surface area (Å²) in [4.78, 5) is 52.5. The smallest absolute Gasteiger partial charge is 0.325 e. The van der Waals surface area contributed by atoms with Gasteiger partial charge < -0.3 is 10.2 Å². The molecule has 5 rings (SSSR count). The first kappa shape index (κ1) is 23.4. The van der Waals surface area contributed by atoms with Gasteiger partial charge in [0.1, 0.15) is 11.2 Å². The number of aromatic nitrogens is 2. The summed E-state index contributed by atoms with van der Waals surface area (Å²) in [6.07, 6.45) is 2.45. The molecule has 8 nitrogen and oxygen atoms in total. The summed E-state index contributed by atoms with van der Waals surface area (Å²) < 4.78 is 0. The lowest BCUT2D eigenvalue weighted by molar-refractivity contribution is -0.134. The normalized spacial score (nSPS) is 21.1. The van der Waals surface area contributed by atoms with Gasteiger partial charge in [-0.1, -0.05) is 31.2 Å². The molecule has 2 aliphatic rings. The lowest BCUT2D eigenvalue weighted by Gasteiger charge is -2.40. The number of hydrogen-bond donors (Lipinski definition) is 1. The van der Waals surface area contributed by atoms with Crippen LogP contribution in [0.1, 0.15) is 47.2 Å². The number of nitrogens with zero attached hydrogens (tertiary/aromatic N) is 4. The molecule has 35 heavy (non-hydrogen) atoms. The molecule has 1 N–H and O–H groups in total. The number of likely N-dealkylation sites (tertiary alicyclic amines) is 1. The Hall–Kier alpha value is -3.33. The van der Waals surface area contributed by atoms with Crippen molar-refractivity contribution in [2.75, 3.05) is 19.6 Å². The van der Waals surface area contributed by atoms with Crippen LogP contribution in [0, 0.1) is 12.8 Å². The third kappa shape index (κ3) is 4.18. The maximum Gasteiger partial charge on any atom is 0.325 e. The van der Waals surface area contributed by atoms with Crippen molar-refractivity contribution in [2.45, 2.75) is 45.1 Å². The molecular weight excluding hydrogens is 462 g/mol. The summed E-state index contributed by atoms with van der Waals surface area (Å²) in [7, 11) is 0. The van der Waals surface area contributed by atoms with Gasteiger partial charge in [0.2, 0.25) is 0 Å². The van der Waals surface area contributed by atoms with E-state index in [1.807, 2.05) is 49.1 Å². The number of benzene rings is 1. The van der Waals surface area contributed by atoms with Gasteiger partial charge in [-0.15, -0.1) is 11.3 Å². The van der Waals surface area contributed by atoms with Crippen molar-refractivity contribution in [3.8, 4) is 0 Å². The zero-order valence-corrected chi connectivity index (χ0v) is 20.8. The van der Waals surface area contributed by atoms with Gasteiger partial charge >= 0.3 is 6.03 Å². The first-order chi connectivity index (χ1) is 16.9. The van der Waals surface area contributed by atoms with Crippen molar-refractivity contribution >= 4 is 40.1 Å². The zero-order valence-electron chi connectivity index (χ0n) is 20.0. The van der Waals surface area contributed by atoms with Crippen LogP contribution in [0.5, 0.6) is 0 Å². The predicted molar refractivity (Wildman–Crippen MR) is 134 cm³/mol. The van der Waals surface area contributed by atoms with Crippen LogP contribution in [0.3, 0.4) is 0 Å². The first-order valence-corrected chi connectivity index (χ1v) is 13.0. The van der Waals surface area contributed by atoms with Crippen LogP contribution >= 0.6 is 11.3 Å². The fraction of sp³-hybridized carbons (Fsp3) is 0.423. The Balaban J connectivity index is 1.25. The Kier molecular flexibility index (Phi) is 6.27. The third-order valence-corrected chi connectivity index (χ3v) is 8.46. The highest BCUT2D eigenvalue weighted by Crippen LogP contribution is 2.36. The third-order valence-electron chi connectivity index (χ3n) is 7.46. The van der Waals surface area contributed by atoms with Crippen LogP contribution in [0.2, 0.25) is 0 Å². The molecule has 2 aliphatic heterocycles. The van der Waals surface area contributed by atoms with Crippen molar-refractivity contribution in [1.82, 2.24) is 25.1 Å². The van der Waals surface area contributed by atoms with Crippen LogP contribution in [-0.2, 0) is 11.2 Å². The second-order valence-electron chi connectivity index (χ2n) is 9.28. The molecule has 0 unspecified atom stereocenters. The number of aryl methyl sites for hydroxylation is 1. The minimum atomic E-state index is -0.907. The number of piperidine rings is 1. The van der Waals surface area contributed by atoms with Gasteiger partial charge in [0.05, 0.1) is 16.7 Å². The number of imide groups is 1. The molecular formula is C26H29N5O3S. The maximum absolute atomic E-state index is 13.5. The molecule has 2 saturated heterocycles. The molecule has 1 aromatic carbocycles. The lowest BCUT2D eigenvalue weighted by Crippen LogP contribution is -2.56. The van der Waals surface area contributed by atoms with Gasteiger partial charge in [-0.3, -0.25) is 14.5 Å². The molecule has 9 heteroatoms. The van der Waals surface area contributed by atoms with E-state index >= 15 is 0 Å². The Morgan fingerprint density at radius 2 is 1.94 bits per heavy atom. The van der Waals surface area contributed by atoms with E-state index in [0.717, 1.165) is 21.5 Å². The first-order valence-electron chi connectivity index (χ1n) is 12.1. The Labute approximate surface area is 208 Å². The SMILES string of the molecule is CC[C@]1(C2CCN(C(=O)c3ccc4ccccc4n3)CC2)NC(=O)N(CCc2scnc2C)C1=O. The summed E-state index contributed by atoms with van der Waals surface area (Å²) in [5.41, 5.74) is 3.06. The Bertz CT molecular complexity index is 1280. The zero-order chi connectivity index (χ0) is 24.6. The number of pyridine rings is 1. The van der Waals surface area contributed by atoms with E-state index in [0.29, 0.717) is 51.0 Å². The van der Waals surface area contributed by atoms with Gasteiger partial charge in [-0.25, -0.2) is 14.8 Å². The fourth-order valence-corrected chi connectivity index (χ4v) is 6.13. The van der Waals surface area contributed by atoms with Gasteiger partial charge in [0, 0.05) is 36.3 Å². The monoisotopic (exact) mass is 491 g/mol. The highest BCUT2D eigenvalue weighted by atomic mass is 32.1. The summed E-state index contributed by atoms with van der Waals surface area (Å²) in [6.45, 7) is 5.30. The molecule has 0 spiro atoms. The quantitative estimate of drug-likeness (QED) is 0.529. The van der Waals surface area contributed by atoms with Gasteiger partial charge in [0.15, 0.2) is 0 Å². The van der Waals surface area contributed by atoms with E-state index in [4.69, 9.17) is 0 Å².